The molecule has 4 heteroatoms. The Bertz CT molecular complexity index is 894. The number of ketones is 1. The predicted octanol–water partition coefficient (Wildman–Crippen LogP) is 3.81. The summed E-state index contributed by atoms with van der Waals surface area (Å²) in [4.78, 5) is 24.6. The van der Waals surface area contributed by atoms with Crippen molar-refractivity contribution in [1.29, 1.82) is 0 Å². The van der Waals surface area contributed by atoms with Crippen molar-refractivity contribution in [3.63, 3.8) is 0 Å². The monoisotopic (exact) mass is 308 g/mol. The summed E-state index contributed by atoms with van der Waals surface area (Å²) in [6.07, 6.45) is 0.895. The Morgan fingerprint density at radius 1 is 1.09 bits per heavy atom. The van der Waals surface area contributed by atoms with Gasteiger partial charge in [0.25, 0.3) is 0 Å². The van der Waals surface area contributed by atoms with Crippen LogP contribution in [0, 0.1) is 0 Å². The van der Waals surface area contributed by atoms with E-state index in [2.05, 4.69) is 0 Å². The Kier molecular flexibility index (Phi) is 4.24. The van der Waals surface area contributed by atoms with Crippen LogP contribution in [0.5, 0.6) is 5.75 Å². The van der Waals surface area contributed by atoms with Crippen molar-refractivity contribution >= 4 is 16.8 Å². The molecule has 116 valence electrons. The molecule has 3 aromatic rings. The van der Waals surface area contributed by atoms with Crippen molar-refractivity contribution < 1.29 is 13.9 Å². The normalized spacial score (nSPS) is 10.7. The van der Waals surface area contributed by atoms with Crippen LogP contribution in [-0.4, -0.2) is 12.4 Å². The van der Waals surface area contributed by atoms with E-state index in [-0.39, 0.29) is 11.3 Å². The summed E-state index contributed by atoms with van der Waals surface area (Å²) in [5.41, 5.74) is 0.264. The molecule has 1 aromatic heterocycles. The first-order chi connectivity index (χ1) is 11.2. The molecule has 0 amide bonds. The second-order valence-corrected chi connectivity index (χ2v) is 5.19. The van der Waals surface area contributed by atoms with Gasteiger partial charge in [-0.2, -0.15) is 0 Å². The fourth-order valence-corrected chi connectivity index (χ4v) is 2.30. The maximum Gasteiger partial charge on any atom is 0.347 e. The molecular formula is C19H16O4. The van der Waals surface area contributed by atoms with Gasteiger partial charge in [-0.05, 0) is 24.6 Å². The molecule has 0 radical (unpaired) electrons. The van der Waals surface area contributed by atoms with E-state index in [1.54, 1.807) is 48.5 Å². The zero-order valence-corrected chi connectivity index (χ0v) is 12.7. The van der Waals surface area contributed by atoms with Crippen LogP contribution in [0.4, 0.5) is 0 Å². The van der Waals surface area contributed by atoms with Gasteiger partial charge in [-0.25, -0.2) is 4.79 Å². The summed E-state index contributed by atoms with van der Waals surface area (Å²) in [6, 6.07) is 15.5. The van der Waals surface area contributed by atoms with Crippen LogP contribution in [0.2, 0.25) is 0 Å². The highest BCUT2D eigenvalue weighted by molar-refractivity contribution is 6.09. The summed E-state index contributed by atoms with van der Waals surface area (Å²) in [5, 5.41) is 0.688. The Labute approximate surface area is 133 Å². The van der Waals surface area contributed by atoms with Crippen LogP contribution in [-0.2, 0) is 0 Å². The van der Waals surface area contributed by atoms with Crippen molar-refractivity contribution in [2.24, 2.45) is 0 Å². The molecule has 0 bridgehead atoms. The van der Waals surface area contributed by atoms with Gasteiger partial charge in [0.05, 0.1) is 6.61 Å². The Balaban J connectivity index is 2.02. The first-order valence-corrected chi connectivity index (χ1v) is 7.49. The van der Waals surface area contributed by atoms with Gasteiger partial charge in [0.1, 0.15) is 16.9 Å². The maximum atomic E-state index is 12.4. The van der Waals surface area contributed by atoms with E-state index in [0.29, 0.717) is 28.9 Å². The maximum absolute atomic E-state index is 12.4. The highest BCUT2D eigenvalue weighted by atomic mass is 16.5. The van der Waals surface area contributed by atoms with E-state index < -0.39 is 5.63 Å². The molecule has 0 atom stereocenters. The molecule has 0 N–H and O–H groups in total. The van der Waals surface area contributed by atoms with Gasteiger partial charge in [-0.15, -0.1) is 0 Å². The highest BCUT2D eigenvalue weighted by Crippen LogP contribution is 2.21. The lowest BCUT2D eigenvalue weighted by Crippen LogP contribution is -2.14. The molecule has 23 heavy (non-hydrogen) atoms. The summed E-state index contributed by atoms with van der Waals surface area (Å²) in [5.74, 6) is 0.303. The number of rotatable bonds is 5. The van der Waals surface area contributed by atoms with E-state index in [9.17, 15) is 9.59 Å². The van der Waals surface area contributed by atoms with E-state index in [1.165, 1.54) is 0 Å². The molecule has 0 aliphatic heterocycles. The molecule has 0 aliphatic rings. The Morgan fingerprint density at radius 3 is 2.61 bits per heavy atom. The van der Waals surface area contributed by atoms with Gasteiger partial charge < -0.3 is 9.15 Å². The lowest BCUT2D eigenvalue weighted by Gasteiger charge is -2.06. The van der Waals surface area contributed by atoms with Gasteiger partial charge in [0.15, 0.2) is 5.78 Å². The number of ether oxygens (including phenoxy) is 1. The fraction of sp³-hybridized carbons (Fsp3) is 0.158. The molecule has 2 aromatic carbocycles. The zero-order chi connectivity index (χ0) is 16.2. The van der Waals surface area contributed by atoms with Gasteiger partial charge in [-0.3, -0.25) is 4.79 Å². The molecule has 1 heterocycles. The molecule has 4 nitrogen and oxygen atoms in total. The molecule has 0 aliphatic carbocycles. The van der Waals surface area contributed by atoms with Gasteiger partial charge >= 0.3 is 5.63 Å². The van der Waals surface area contributed by atoms with Crippen LogP contribution in [0.15, 0.2) is 63.8 Å². The van der Waals surface area contributed by atoms with E-state index >= 15 is 0 Å². The van der Waals surface area contributed by atoms with Crippen molar-refractivity contribution in [3.05, 3.63) is 76.1 Å². The molecule has 3 rings (SSSR count). The highest BCUT2D eigenvalue weighted by Gasteiger charge is 2.15. The van der Waals surface area contributed by atoms with Crippen molar-refractivity contribution in [2.45, 2.75) is 13.3 Å². The number of fused-ring (bicyclic) bond motifs is 1. The zero-order valence-electron chi connectivity index (χ0n) is 12.7. The van der Waals surface area contributed by atoms with Gasteiger partial charge in [0, 0.05) is 17.0 Å². The first-order valence-electron chi connectivity index (χ1n) is 7.49. The molecule has 0 saturated carbocycles. The largest absolute Gasteiger partial charge is 0.493 e. The van der Waals surface area contributed by atoms with Gasteiger partial charge in [0.2, 0.25) is 0 Å². The third-order valence-corrected chi connectivity index (χ3v) is 3.46. The van der Waals surface area contributed by atoms with Crippen LogP contribution in [0.3, 0.4) is 0 Å². The lowest BCUT2D eigenvalue weighted by molar-refractivity contribution is 0.103. The molecule has 0 saturated heterocycles. The molecule has 0 unspecified atom stereocenters. The third kappa shape index (κ3) is 3.16. The number of hydrogen-bond acceptors (Lipinski definition) is 4. The number of benzene rings is 2. The lowest BCUT2D eigenvalue weighted by atomic mass is 10.0. The van der Waals surface area contributed by atoms with Crippen molar-refractivity contribution in [3.8, 4) is 5.75 Å². The minimum atomic E-state index is -0.640. The van der Waals surface area contributed by atoms with E-state index in [1.807, 2.05) is 13.0 Å². The molecule has 0 fully saturated rings. The fourth-order valence-electron chi connectivity index (χ4n) is 2.30. The second kappa shape index (κ2) is 6.48. The SMILES string of the molecule is CCCOc1ccc2cc(C(=O)c3ccccc3)c(=O)oc2c1. The van der Waals surface area contributed by atoms with E-state index in [4.69, 9.17) is 9.15 Å². The van der Waals surface area contributed by atoms with Crippen molar-refractivity contribution in [1.82, 2.24) is 0 Å². The summed E-state index contributed by atoms with van der Waals surface area (Å²) < 4.78 is 10.8. The summed E-state index contributed by atoms with van der Waals surface area (Å²) >= 11 is 0. The predicted molar refractivity (Wildman–Crippen MR) is 88.1 cm³/mol. The van der Waals surface area contributed by atoms with Crippen LogP contribution >= 0.6 is 0 Å². The summed E-state index contributed by atoms with van der Waals surface area (Å²) in [6.45, 7) is 2.61. The Hall–Kier alpha value is -2.88. The molecule has 0 spiro atoms. The van der Waals surface area contributed by atoms with Crippen molar-refractivity contribution in [2.75, 3.05) is 6.61 Å². The third-order valence-electron chi connectivity index (χ3n) is 3.46. The van der Waals surface area contributed by atoms with Crippen LogP contribution < -0.4 is 10.4 Å². The smallest absolute Gasteiger partial charge is 0.347 e. The van der Waals surface area contributed by atoms with Gasteiger partial charge in [-0.1, -0.05) is 37.3 Å². The molecular weight excluding hydrogens is 292 g/mol. The van der Waals surface area contributed by atoms with E-state index in [0.717, 1.165) is 6.42 Å². The van der Waals surface area contributed by atoms with Crippen LogP contribution in [0.25, 0.3) is 11.0 Å². The average molecular weight is 308 g/mol. The number of carbonyl (C=O) groups is 1. The Morgan fingerprint density at radius 2 is 1.87 bits per heavy atom. The topological polar surface area (TPSA) is 56.5 Å². The summed E-state index contributed by atoms with van der Waals surface area (Å²) in [7, 11) is 0. The standard InChI is InChI=1S/C19H16O4/c1-2-10-22-15-9-8-14-11-16(19(21)23-17(14)12-15)18(20)13-6-4-3-5-7-13/h3-9,11-12H,2,10H2,1H3. The average Bonchev–Trinajstić information content (AvgIpc) is 2.59. The number of hydrogen-bond donors (Lipinski definition) is 0. The first kappa shape index (κ1) is 15.0. The quantitative estimate of drug-likeness (QED) is 0.531. The minimum absolute atomic E-state index is 0.0333. The second-order valence-electron chi connectivity index (χ2n) is 5.19. The number of carbonyl (C=O) groups excluding carboxylic acids is 1. The van der Waals surface area contributed by atoms with Crippen LogP contribution in [0.1, 0.15) is 29.3 Å². The minimum Gasteiger partial charge on any atom is -0.493 e.